The molecule has 3 aliphatic rings. The lowest BCUT2D eigenvalue weighted by molar-refractivity contribution is -0.140. The van der Waals surface area contributed by atoms with Gasteiger partial charge in [-0.2, -0.15) is 0 Å². The van der Waals surface area contributed by atoms with Gasteiger partial charge in [0, 0.05) is 30.7 Å². The first kappa shape index (κ1) is 19.7. The zero-order chi connectivity index (χ0) is 20.5. The van der Waals surface area contributed by atoms with E-state index in [4.69, 9.17) is 14.2 Å². The van der Waals surface area contributed by atoms with Crippen molar-refractivity contribution in [2.45, 2.75) is 31.3 Å². The summed E-state index contributed by atoms with van der Waals surface area (Å²) in [5.74, 6) is -0.849. The third kappa shape index (κ3) is 3.96. The second-order valence-corrected chi connectivity index (χ2v) is 7.45. The van der Waals surface area contributed by atoms with Crippen LogP contribution in [0, 0.1) is 11.8 Å². The Morgan fingerprint density at radius 2 is 1.86 bits per heavy atom. The summed E-state index contributed by atoms with van der Waals surface area (Å²) in [6.45, 7) is 0.583. The SMILES string of the molecule is O=C(Nc1cc(O)cc(O)c1)OCCOCCN1C(=O)C2C3CCC(O3)C2C1O. The van der Waals surface area contributed by atoms with Gasteiger partial charge >= 0.3 is 6.09 Å². The molecule has 2 bridgehead atoms. The zero-order valence-electron chi connectivity index (χ0n) is 15.7. The molecule has 3 heterocycles. The van der Waals surface area contributed by atoms with E-state index < -0.39 is 12.3 Å². The maximum Gasteiger partial charge on any atom is 0.411 e. The van der Waals surface area contributed by atoms with Gasteiger partial charge in [0.05, 0.1) is 37.0 Å². The second kappa shape index (κ2) is 8.05. The van der Waals surface area contributed by atoms with Crippen molar-refractivity contribution in [3.63, 3.8) is 0 Å². The number of hydrogen-bond donors (Lipinski definition) is 4. The minimum Gasteiger partial charge on any atom is -0.508 e. The highest BCUT2D eigenvalue weighted by molar-refractivity contribution is 5.85. The van der Waals surface area contributed by atoms with E-state index in [0.717, 1.165) is 18.9 Å². The van der Waals surface area contributed by atoms with Crippen LogP contribution < -0.4 is 5.32 Å². The number of anilines is 1. The van der Waals surface area contributed by atoms with Gasteiger partial charge in [-0.15, -0.1) is 0 Å². The van der Waals surface area contributed by atoms with E-state index in [-0.39, 0.29) is 73.5 Å². The molecule has 5 unspecified atom stereocenters. The van der Waals surface area contributed by atoms with Gasteiger partial charge < -0.3 is 34.4 Å². The first-order valence-electron chi connectivity index (χ1n) is 9.62. The van der Waals surface area contributed by atoms with Crippen molar-refractivity contribution in [2.75, 3.05) is 31.7 Å². The Hall–Kier alpha value is -2.56. The fourth-order valence-electron chi connectivity index (χ4n) is 4.47. The van der Waals surface area contributed by atoms with Gasteiger partial charge in [0.15, 0.2) is 0 Å². The molecule has 3 fully saturated rings. The van der Waals surface area contributed by atoms with Gasteiger partial charge in [0.2, 0.25) is 5.91 Å². The van der Waals surface area contributed by atoms with Crippen LogP contribution in [0.25, 0.3) is 0 Å². The van der Waals surface area contributed by atoms with Crippen LogP contribution in [0.3, 0.4) is 0 Å². The summed E-state index contributed by atoms with van der Waals surface area (Å²) in [5, 5.41) is 31.6. The van der Waals surface area contributed by atoms with Crippen LogP contribution in [-0.2, 0) is 19.0 Å². The topological polar surface area (TPSA) is 138 Å². The molecule has 0 aromatic heterocycles. The van der Waals surface area contributed by atoms with E-state index in [2.05, 4.69) is 5.32 Å². The molecule has 3 aliphatic heterocycles. The summed E-state index contributed by atoms with van der Waals surface area (Å²) in [6.07, 6.45) is 0.0612. The first-order chi connectivity index (χ1) is 13.9. The summed E-state index contributed by atoms with van der Waals surface area (Å²) in [7, 11) is 0. The van der Waals surface area contributed by atoms with Crippen LogP contribution in [0.15, 0.2) is 18.2 Å². The van der Waals surface area contributed by atoms with Crippen molar-refractivity contribution in [3.8, 4) is 11.5 Å². The zero-order valence-corrected chi connectivity index (χ0v) is 15.7. The maximum atomic E-state index is 12.5. The molecule has 10 heteroatoms. The molecule has 10 nitrogen and oxygen atoms in total. The highest BCUT2D eigenvalue weighted by atomic mass is 16.6. The third-order valence-electron chi connectivity index (χ3n) is 5.65. The predicted octanol–water partition coefficient (Wildman–Crippen LogP) is 0.617. The van der Waals surface area contributed by atoms with Crippen molar-refractivity contribution in [2.24, 2.45) is 11.8 Å². The fraction of sp³-hybridized carbons (Fsp3) is 0.579. The van der Waals surface area contributed by atoms with Crippen molar-refractivity contribution in [3.05, 3.63) is 18.2 Å². The molecular formula is C19H24N2O8. The van der Waals surface area contributed by atoms with Crippen LogP contribution in [0.5, 0.6) is 11.5 Å². The van der Waals surface area contributed by atoms with Gasteiger partial charge in [-0.25, -0.2) is 4.79 Å². The van der Waals surface area contributed by atoms with Crippen molar-refractivity contribution >= 4 is 17.7 Å². The molecule has 1 aromatic rings. The normalized spacial score (nSPS) is 29.9. The number of aromatic hydroxyl groups is 2. The van der Waals surface area contributed by atoms with Gasteiger partial charge in [-0.1, -0.05) is 0 Å². The molecule has 0 spiro atoms. The Morgan fingerprint density at radius 1 is 1.14 bits per heavy atom. The highest BCUT2D eigenvalue weighted by Crippen LogP contribution is 2.49. The Bertz CT molecular complexity index is 767. The average Bonchev–Trinajstić information content (AvgIpc) is 3.32. The van der Waals surface area contributed by atoms with Crippen molar-refractivity contribution < 1.29 is 39.1 Å². The summed E-state index contributed by atoms with van der Waals surface area (Å²) in [4.78, 5) is 25.7. The van der Waals surface area contributed by atoms with E-state index in [1.165, 1.54) is 17.0 Å². The monoisotopic (exact) mass is 408 g/mol. The van der Waals surface area contributed by atoms with Crippen molar-refractivity contribution in [1.29, 1.82) is 0 Å². The highest BCUT2D eigenvalue weighted by Gasteiger charge is 2.61. The molecule has 158 valence electrons. The summed E-state index contributed by atoms with van der Waals surface area (Å²) < 4.78 is 16.1. The van der Waals surface area contributed by atoms with Crippen LogP contribution in [0.1, 0.15) is 12.8 Å². The second-order valence-electron chi connectivity index (χ2n) is 7.45. The fourth-order valence-corrected chi connectivity index (χ4v) is 4.47. The number of phenolic OH excluding ortho intramolecular Hbond substituents is 2. The van der Waals surface area contributed by atoms with Crippen molar-refractivity contribution in [1.82, 2.24) is 4.90 Å². The number of fused-ring (bicyclic) bond motifs is 5. The number of carbonyl (C=O) groups is 2. The number of ether oxygens (including phenoxy) is 3. The van der Waals surface area contributed by atoms with E-state index >= 15 is 0 Å². The maximum absolute atomic E-state index is 12.5. The molecule has 0 radical (unpaired) electrons. The van der Waals surface area contributed by atoms with Crippen LogP contribution in [0.2, 0.25) is 0 Å². The number of phenols is 2. The molecule has 4 N–H and O–H groups in total. The smallest absolute Gasteiger partial charge is 0.411 e. The number of benzene rings is 1. The van der Waals surface area contributed by atoms with Crippen LogP contribution >= 0.6 is 0 Å². The van der Waals surface area contributed by atoms with Gasteiger partial charge in [0.25, 0.3) is 0 Å². The van der Waals surface area contributed by atoms with Crippen LogP contribution in [0.4, 0.5) is 10.5 Å². The minimum absolute atomic E-state index is 0.0175. The number of hydrogen-bond acceptors (Lipinski definition) is 8. The molecule has 4 rings (SSSR count). The van der Waals surface area contributed by atoms with E-state index in [1.54, 1.807) is 0 Å². The molecular weight excluding hydrogens is 384 g/mol. The number of nitrogens with one attached hydrogen (secondary N) is 1. The number of likely N-dealkylation sites (tertiary alicyclic amines) is 1. The molecule has 3 saturated heterocycles. The Morgan fingerprint density at radius 3 is 2.59 bits per heavy atom. The molecule has 0 aliphatic carbocycles. The number of amides is 2. The number of aliphatic hydroxyl groups excluding tert-OH is 1. The lowest BCUT2D eigenvalue weighted by atomic mass is 9.81. The number of carbonyl (C=O) groups excluding carboxylic acids is 2. The molecule has 0 saturated carbocycles. The van der Waals surface area contributed by atoms with E-state index in [0.29, 0.717) is 0 Å². The Labute approximate surface area is 167 Å². The predicted molar refractivity (Wildman–Crippen MR) is 98.2 cm³/mol. The Kier molecular flexibility index (Phi) is 5.48. The summed E-state index contributed by atoms with van der Waals surface area (Å²) in [5.41, 5.74) is 0.193. The standard InChI is InChI=1S/C19H24N2O8/c22-11-7-10(8-12(23)9-11)20-19(26)28-6-5-27-4-3-21-17(24)15-13-1-2-14(29-13)16(15)18(21)25/h7-9,13-17,22-24H,1-6H2,(H,20,26). The summed E-state index contributed by atoms with van der Waals surface area (Å²) in [6, 6.07) is 3.67. The number of nitrogens with zero attached hydrogens (tertiary/aromatic N) is 1. The largest absolute Gasteiger partial charge is 0.508 e. The Balaban J connectivity index is 1.14. The first-order valence-corrected chi connectivity index (χ1v) is 9.62. The minimum atomic E-state index is -0.841. The number of rotatable bonds is 7. The lowest BCUT2D eigenvalue weighted by Gasteiger charge is -2.25. The number of aliphatic hydroxyl groups is 1. The summed E-state index contributed by atoms with van der Waals surface area (Å²) >= 11 is 0. The van der Waals surface area contributed by atoms with Crippen LogP contribution in [-0.4, -0.2) is 77.0 Å². The molecule has 1 aromatic carbocycles. The molecule has 29 heavy (non-hydrogen) atoms. The van der Waals surface area contributed by atoms with Gasteiger partial charge in [-0.05, 0) is 12.8 Å². The van der Waals surface area contributed by atoms with Gasteiger partial charge in [0.1, 0.15) is 24.3 Å². The average molecular weight is 408 g/mol. The third-order valence-corrected chi connectivity index (χ3v) is 5.65. The van der Waals surface area contributed by atoms with E-state index in [1.807, 2.05) is 0 Å². The molecule has 5 atom stereocenters. The lowest BCUT2D eigenvalue weighted by Crippen LogP contribution is -2.40. The molecule has 2 amide bonds. The quantitative estimate of drug-likeness (QED) is 0.482. The van der Waals surface area contributed by atoms with E-state index in [9.17, 15) is 24.9 Å². The van der Waals surface area contributed by atoms with Gasteiger partial charge in [-0.3, -0.25) is 10.1 Å².